The Kier molecular flexibility index (Phi) is 4.53. The van der Waals surface area contributed by atoms with E-state index < -0.39 is 0 Å². The second-order valence-corrected chi connectivity index (χ2v) is 5.79. The monoisotopic (exact) mass is 370 g/mol. The fourth-order valence-corrected chi connectivity index (χ4v) is 2.64. The van der Waals surface area contributed by atoms with Gasteiger partial charge in [-0.3, -0.25) is 9.69 Å². The molecule has 7 heteroatoms. The van der Waals surface area contributed by atoms with Crippen molar-refractivity contribution in [3.05, 3.63) is 27.9 Å². The summed E-state index contributed by atoms with van der Waals surface area (Å²) in [4.78, 5) is 15.1. The summed E-state index contributed by atoms with van der Waals surface area (Å²) in [5, 5.41) is 10.7. The van der Waals surface area contributed by atoms with Gasteiger partial charge in [0.2, 0.25) is 0 Å². The fraction of sp³-hybridized carbons (Fsp3) is 0.286. The van der Waals surface area contributed by atoms with E-state index in [1.807, 2.05) is 6.92 Å². The molecule has 0 bridgehead atoms. The predicted molar refractivity (Wildman–Crippen MR) is 88.1 cm³/mol. The number of carbonyl (C=O) groups excluding carboxylic acids is 1. The highest BCUT2D eigenvalue weighted by molar-refractivity contribution is 9.10. The molecule has 5 nitrogen and oxygen atoms in total. The van der Waals surface area contributed by atoms with E-state index in [9.17, 15) is 9.90 Å². The van der Waals surface area contributed by atoms with Crippen molar-refractivity contribution in [3.8, 4) is 11.5 Å². The zero-order valence-electron chi connectivity index (χ0n) is 11.9. The highest BCUT2D eigenvalue weighted by Crippen LogP contribution is 2.36. The number of phenolic OH excluding ortho intramolecular Hbond substituents is 1. The highest BCUT2D eigenvalue weighted by atomic mass is 79.9. The second-order valence-electron chi connectivity index (χ2n) is 4.51. The van der Waals surface area contributed by atoms with Crippen molar-refractivity contribution in [1.82, 2.24) is 9.80 Å². The van der Waals surface area contributed by atoms with Crippen molar-refractivity contribution in [2.75, 3.05) is 20.7 Å². The smallest absolute Gasteiger partial charge is 0.276 e. The Morgan fingerprint density at radius 2 is 2.05 bits per heavy atom. The molecular formula is C14H15BrN2O3S. The number of rotatable bonds is 3. The molecule has 1 saturated heterocycles. The van der Waals surface area contributed by atoms with Crippen LogP contribution in [-0.2, 0) is 4.79 Å². The van der Waals surface area contributed by atoms with E-state index in [1.165, 1.54) is 4.90 Å². The number of halogens is 1. The van der Waals surface area contributed by atoms with E-state index in [2.05, 4.69) is 15.9 Å². The third kappa shape index (κ3) is 2.89. The van der Waals surface area contributed by atoms with E-state index in [0.717, 1.165) is 4.47 Å². The van der Waals surface area contributed by atoms with Gasteiger partial charge in [0, 0.05) is 24.1 Å². The molecule has 2 rings (SSSR count). The molecule has 112 valence electrons. The molecule has 21 heavy (non-hydrogen) atoms. The Hall–Kier alpha value is -1.60. The summed E-state index contributed by atoms with van der Waals surface area (Å²) in [7, 11) is 3.34. The predicted octanol–water partition coefficient (Wildman–Crippen LogP) is 2.58. The lowest BCUT2D eigenvalue weighted by atomic mass is 10.1. The third-order valence-electron chi connectivity index (χ3n) is 3.12. The lowest BCUT2D eigenvalue weighted by Gasteiger charge is -2.12. The SMILES string of the molecule is CCOc1cc(Br)cc(/C=C2/C(=O)N(C)C(=S)N2C)c1O. The summed E-state index contributed by atoms with van der Waals surface area (Å²) in [6, 6.07) is 3.39. The molecule has 1 aromatic rings. The van der Waals surface area contributed by atoms with Crippen molar-refractivity contribution in [2.45, 2.75) is 6.92 Å². The van der Waals surface area contributed by atoms with Crippen LogP contribution in [0, 0.1) is 0 Å². The summed E-state index contributed by atoms with van der Waals surface area (Å²) in [6.07, 6.45) is 1.60. The Labute approximate surface area is 136 Å². The lowest BCUT2D eigenvalue weighted by molar-refractivity contribution is -0.121. The molecule has 0 aliphatic carbocycles. The number of carbonyl (C=O) groups is 1. The molecule has 1 fully saturated rings. The minimum absolute atomic E-state index is 0.00535. The number of phenols is 1. The zero-order valence-corrected chi connectivity index (χ0v) is 14.3. The maximum Gasteiger partial charge on any atom is 0.276 e. The van der Waals surface area contributed by atoms with Gasteiger partial charge in [-0.1, -0.05) is 15.9 Å². The number of thiocarbonyl (C=S) groups is 1. The average molecular weight is 371 g/mol. The lowest BCUT2D eigenvalue weighted by Crippen LogP contribution is -2.26. The Morgan fingerprint density at radius 1 is 1.38 bits per heavy atom. The summed E-state index contributed by atoms with van der Waals surface area (Å²) >= 11 is 8.52. The molecule has 1 N–H and O–H groups in total. The molecule has 0 atom stereocenters. The zero-order chi connectivity index (χ0) is 15.7. The molecular weight excluding hydrogens is 356 g/mol. The molecule has 0 aromatic heterocycles. The standard InChI is InChI=1S/C14H15BrN2O3S/c1-4-20-11-7-9(15)5-8(12(11)18)6-10-13(19)17(3)14(21)16(10)2/h5-7,18H,4H2,1-3H3/b10-6-. The van der Waals surface area contributed by atoms with Gasteiger partial charge in [0.1, 0.15) is 5.70 Å². The molecule has 1 heterocycles. The number of hydrogen-bond acceptors (Lipinski definition) is 4. The maximum atomic E-state index is 12.1. The molecule has 0 radical (unpaired) electrons. The molecule has 1 aliphatic heterocycles. The van der Waals surface area contributed by atoms with Crippen molar-refractivity contribution < 1.29 is 14.6 Å². The maximum absolute atomic E-state index is 12.1. The van der Waals surface area contributed by atoms with Crippen molar-refractivity contribution in [1.29, 1.82) is 0 Å². The molecule has 1 amide bonds. The van der Waals surface area contributed by atoms with E-state index in [-0.39, 0.29) is 11.7 Å². The number of likely N-dealkylation sites (N-methyl/N-ethyl adjacent to an activating group) is 2. The van der Waals surface area contributed by atoms with Crippen LogP contribution in [0.5, 0.6) is 11.5 Å². The van der Waals surface area contributed by atoms with Crippen LogP contribution in [0.3, 0.4) is 0 Å². The number of ether oxygens (including phenoxy) is 1. The molecule has 1 aromatic carbocycles. The molecule has 0 spiro atoms. The summed E-state index contributed by atoms with van der Waals surface area (Å²) in [5.74, 6) is 0.150. The van der Waals surface area contributed by atoms with E-state index in [1.54, 1.807) is 37.2 Å². The van der Waals surface area contributed by atoms with Crippen LogP contribution in [0.4, 0.5) is 0 Å². The van der Waals surface area contributed by atoms with Crippen molar-refractivity contribution in [2.24, 2.45) is 0 Å². The number of nitrogens with zero attached hydrogens (tertiary/aromatic N) is 2. The molecule has 0 unspecified atom stereocenters. The van der Waals surface area contributed by atoms with Crippen molar-refractivity contribution >= 4 is 45.2 Å². The van der Waals surface area contributed by atoms with E-state index in [0.29, 0.717) is 28.7 Å². The van der Waals surface area contributed by atoms with Crippen LogP contribution in [0.1, 0.15) is 12.5 Å². The van der Waals surface area contributed by atoms with Gasteiger partial charge in [0.05, 0.1) is 6.61 Å². The number of hydrogen-bond donors (Lipinski definition) is 1. The van der Waals surface area contributed by atoms with Crippen LogP contribution in [0.25, 0.3) is 6.08 Å². The summed E-state index contributed by atoms with van der Waals surface area (Å²) in [5.41, 5.74) is 0.888. The summed E-state index contributed by atoms with van der Waals surface area (Å²) < 4.78 is 6.12. The van der Waals surface area contributed by atoms with Crippen LogP contribution < -0.4 is 4.74 Å². The number of amides is 1. The third-order valence-corrected chi connectivity index (χ3v) is 4.13. The fourth-order valence-electron chi connectivity index (χ4n) is 2.01. The molecule has 1 aliphatic rings. The van der Waals surface area contributed by atoms with Gasteiger partial charge in [-0.05, 0) is 37.4 Å². The van der Waals surface area contributed by atoms with Gasteiger partial charge in [-0.25, -0.2) is 0 Å². The first-order valence-corrected chi connectivity index (χ1v) is 7.49. The summed E-state index contributed by atoms with van der Waals surface area (Å²) in [6.45, 7) is 2.27. The Bertz CT molecular complexity index is 645. The van der Waals surface area contributed by atoms with Crippen molar-refractivity contribution in [3.63, 3.8) is 0 Å². The largest absolute Gasteiger partial charge is 0.504 e. The average Bonchev–Trinajstić information content (AvgIpc) is 2.62. The topological polar surface area (TPSA) is 53.0 Å². The van der Waals surface area contributed by atoms with E-state index in [4.69, 9.17) is 17.0 Å². The molecule has 0 saturated carbocycles. The Balaban J connectivity index is 2.50. The number of benzene rings is 1. The van der Waals surface area contributed by atoms with Gasteiger partial charge in [-0.2, -0.15) is 0 Å². The van der Waals surface area contributed by atoms with Crippen LogP contribution in [0.15, 0.2) is 22.3 Å². The number of aromatic hydroxyl groups is 1. The van der Waals surface area contributed by atoms with Gasteiger partial charge in [0.25, 0.3) is 5.91 Å². The first kappa shape index (κ1) is 15.8. The Morgan fingerprint density at radius 3 is 2.57 bits per heavy atom. The second kappa shape index (κ2) is 6.03. The van der Waals surface area contributed by atoms with E-state index >= 15 is 0 Å². The first-order chi connectivity index (χ1) is 9.86. The van der Waals surface area contributed by atoms with Crippen LogP contribution in [-0.4, -0.2) is 46.6 Å². The minimum atomic E-state index is -0.208. The minimum Gasteiger partial charge on any atom is -0.504 e. The normalized spacial score (nSPS) is 17.0. The highest BCUT2D eigenvalue weighted by Gasteiger charge is 2.33. The van der Waals surface area contributed by atoms with Gasteiger partial charge in [-0.15, -0.1) is 0 Å². The van der Waals surface area contributed by atoms with Gasteiger partial charge >= 0.3 is 0 Å². The van der Waals surface area contributed by atoms with Crippen LogP contribution in [0.2, 0.25) is 0 Å². The van der Waals surface area contributed by atoms with Crippen LogP contribution >= 0.6 is 28.1 Å². The quantitative estimate of drug-likeness (QED) is 0.654. The van der Waals surface area contributed by atoms with Gasteiger partial charge in [0.15, 0.2) is 16.6 Å². The first-order valence-electron chi connectivity index (χ1n) is 6.29. The van der Waals surface area contributed by atoms with Gasteiger partial charge < -0.3 is 14.7 Å².